The van der Waals surface area contributed by atoms with E-state index in [0.29, 0.717) is 0 Å². The van der Waals surface area contributed by atoms with Gasteiger partial charge in [0.25, 0.3) is 0 Å². The first-order valence-electron chi connectivity index (χ1n) is 7.36. The molecular formula is C14H22N2O4. The van der Waals surface area contributed by atoms with E-state index in [1.54, 1.807) is 0 Å². The highest BCUT2D eigenvalue weighted by molar-refractivity contribution is 5.89. The van der Waals surface area contributed by atoms with E-state index in [4.69, 9.17) is 5.11 Å². The maximum Gasteiger partial charge on any atom is 0.308 e. The number of hydrogen-bond acceptors (Lipinski definition) is 3. The molecule has 2 rings (SSSR count). The summed E-state index contributed by atoms with van der Waals surface area (Å²) in [6.07, 6.45) is 6.71. The van der Waals surface area contributed by atoms with Gasteiger partial charge in [-0.1, -0.05) is 25.7 Å². The molecule has 1 aliphatic heterocycles. The number of likely N-dealkylation sites (tertiary alicyclic amines) is 1. The van der Waals surface area contributed by atoms with Crippen LogP contribution in [-0.2, 0) is 14.4 Å². The quantitative estimate of drug-likeness (QED) is 0.745. The van der Waals surface area contributed by atoms with Gasteiger partial charge in [-0.25, -0.2) is 0 Å². The van der Waals surface area contributed by atoms with Gasteiger partial charge in [-0.05, 0) is 12.8 Å². The fraction of sp³-hybridized carbons (Fsp3) is 0.786. The smallest absolute Gasteiger partial charge is 0.308 e. The van der Waals surface area contributed by atoms with Crippen molar-refractivity contribution in [1.82, 2.24) is 10.2 Å². The van der Waals surface area contributed by atoms with Gasteiger partial charge in [0.1, 0.15) is 0 Å². The summed E-state index contributed by atoms with van der Waals surface area (Å²) < 4.78 is 0. The lowest BCUT2D eigenvalue weighted by Gasteiger charge is -2.20. The highest BCUT2D eigenvalue weighted by Gasteiger charge is 2.35. The molecule has 112 valence electrons. The molecule has 20 heavy (non-hydrogen) atoms. The summed E-state index contributed by atoms with van der Waals surface area (Å²) >= 11 is 0. The summed E-state index contributed by atoms with van der Waals surface area (Å²) in [4.78, 5) is 35.8. The Bertz CT molecular complexity index is 389. The van der Waals surface area contributed by atoms with Crippen LogP contribution in [0, 0.1) is 5.92 Å². The zero-order chi connectivity index (χ0) is 14.5. The number of nitrogens with zero attached hydrogens (tertiary/aromatic N) is 1. The average Bonchev–Trinajstić information content (AvgIpc) is 2.61. The number of nitrogens with one attached hydrogen (secondary N) is 1. The lowest BCUT2D eigenvalue weighted by atomic mass is 10.1. The first-order valence-corrected chi connectivity index (χ1v) is 7.36. The van der Waals surface area contributed by atoms with E-state index in [1.165, 1.54) is 17.7 Å². The first-order chi connectivity index (χ1) is 9.56. The van der Waals surface area contributed by atoms with Crippen LogP contribution in [0.4, 0.5) is 0 Å². The number of carbonyl (C=O) groups excluding carboxylic acids is 2. The largest absolute Gasteiger partial charge is 0.481 e. The lowest BCUT2D eigenvalue weighted by Crippen LogP contribution is -2.42. The van der Waals surface area contributed by atoms with Crippen molar-refractivity contribution in [3.05, 3.63) is 0 Å². The Kier molecular flexibility index (Phi) is 4.98. The maximum atomic E-state index is 11.9. The summed E-state index contributed by atoms with van der Waals surface area (Å²) in [7, 11) is 0. The molecule has 2 fully saturated rings. The van der Waals surface area contributed by atoms with Crippen LogP contribution in [0.15, 0.2) is 0 Å². The number of hydrogen-bond donors (Lipinski definition) is 2. The second-order valence-electron chi connectivity index (χ2n) is 5.77. The third kappa shape index (κ3) is 3.95. The Morgan fingerprint density at radius 1 is 1.20 bits per heavy atom. The van der Waals surface area contributed by atoms with E-state index in [9.17, 15) is 14.4 Å². The number of aliphatic carboxylic acids is 1. The fourth-order valence-electron chi connectivity index (χ4n) is 2.96. The van der Waals surface area contributed by atoms with Crippen LogP contribution in [0.5, 0.6) is 0 Å². The van der Waals surface area contributed by atoms with Gasteiger partial charge in [-0.3, -0.25) is 14.4 Å². The summed E-state index contributed by atoms with van der Waals surface area (Å²) in [5.41, 5.74) is 0. The molecule has 0 aromatic carbocycles. The van der Waals surface area contributed by atoms with Gasteiger partial charge in [-0.2, -0.15) is 0 Å². The van der Waals surface area contributed by atoms with Crippen LogP contribution in [0.1, 0.15) is 44.9 Å². The van der Waals surface area contributed by atoms with Gasteiger partial charge in [0, 0.05) is 19.0 Å². The van der Waals surface area contributed by atoms with Crippen LogP contribution < -0.4 is 5.32 Å². The Morgan fingerprint density at radius 3 is 2.40 bits per heavy atom. The molecule has 6 heteroatoms. The number of carboxylic acid groups (broad SMARTS) is 1. The minimum atomic E-state index is -0.968. The number of amides is 2. The second kappa shape index (κ2) is 6.72. The van der Waals surface area contributed by atoms with E-state index >= 15 is 0 Å². The maximum absolute atomic E-state index is 11.9. The highest BCUT2D eigenvalue weighted by atomic mass is 16.4. The molecule has 2 aliphatic rings. The molecule has 1 saturated carbocycles. The molecule has 2 amide bonds. The molecule has 2 N–H and O–H groups in total. The SMILES string of the molecule is O=C(CN1CC(C(=O)O)CC1=O)NC1CCCCCC1. The first kappa shape index (κ1) is 14.8. The molecule has 1 unspecified atom stereocenters. The van der Waals surface area contributed by atoms with E-state index in [1.807, 2.05) is 0 Å². The van der Waals surface area contributed by atoms with Gasteiger partial charge in [0.05, 0.1) is 12.5 Å². The molecule has 0 spiro atoms. The van der Waals surface area contributed by atoms with Crippen molar-refractivity contribution < 1.29 is 19.5 Å². The third-order valence-corrected chi connectivity index (χ3v) is 4.12. The topological polar surface area (TPSA) is 86.7 Å². The van der Waals surface area contributed by atoms with E-state index in [0.717, 1.165) is 25.7 Å². The molecule has 1 saturated heterocycles. The van der Waals surface area contributed by atoms with E-state index in [-0.39, 0.29) is 37.4 Å². The summed E-state index contributed by atoms with van der Waals surface area (Å²) in [5, 5.41) is 11.9. The molecule has 6 nitrogen and oxygen atoms in total. The van der Waals surface area contributed by atoms with Crippen LogP contribution in [0.3, 0.4) is 0 Å². The zero-order valence-corrected chi connectivity index (χ0v) is 11.6. The average molecular weight is 282 g/mol. The number of rotatable bonds is 4. The van der Waals surface area contributed by atoms with Crippen molar-refractivity contribution in [3.8, 4) is 0 Å². The van der Waals surface area contributed by atoms with Crippen molar-refractivity contribution >= 4 is 17.8 Å². The molecule has 0 radical (unpaired) electrons. The summed E-state index contributed by atoms with van der Waals surface area (Å²) in [6, 6.07) is 0.206. The van der Waals surface area contributed by atoms with Crippen molar-refractivity contribution in [2.24, 2.45) is 5.92 Å². The molecule has 0 aromatic rings. The molecule has 0 aromatic heterocycles. The molecule has 1 atom stereocenters. The van der Waals surface area contributed by atoms with Crippen LogP contribution in [-0.4, -0.2) is 46.9 Å². The third-order valence-electron chi connectivity index (χ3n) is 4.12. The van der Waals surface area contributed by atoms with Gasteiger partial charge in [-0.15, -0.1) is 0 Å². The standard InChI is InChI=1S/C14H22N2O4/c17-12(15-11-5-3-1-2-4-6-11)9-16-8-10(14(19)20)7-13(16)18/h10-11H,1-9H2,(H,15,17)(H,19,20). The summed E-state index contributed by atoms with van der Waals surface area (Å²) in [5.74, 6) is -2.05. The van der Waals surface area contributed by atoms with Crippen molar-refractivity contribution in [1.29, 1.82) is 0 Å². The van der Waals surface area contributed by atoms with Crippen LogP contribution in [0.2, 0.25) is 0 Å². The normalized spacial score (nSPS) is 24.5. The van der Waals surface area contributed by atoms with Crippen molar-refractivity contribution in [2.75, 3.05) is 13.1 Å². The molecule has 1 aliphatic carbocycles. The Balaban J connectivity index is 1.79. The summed E-state index contributed by atoms with van der Waals surface area (Å²) in [6.45, 7) is 0.130. The van der Waals surface area contributed by atoms with E-state index < -0.39 is 11.9 Å². The second-order valence-corrected chi connectivity index (χ2v) is 5.77. The Morgan fingerprint density at radius 2 is 1.85 bits per heavy atom. The monoisotopic (exact) mass is 282 g/mol. The predicted octanol–water partition coefficient (Wildman–Crippen LogP) is 0.758. The van der Waals surface area contributed by atoms with Gasteiger partial charge >= 0.3 is 5.97 Å². The zero-order valence-electron chi connectivity index (χ0n) is 11.6. The fourth-order valence-corrected chi connectivity index (χ4v) is 2.96. The Hall–Kier alpha value is -1.59. The minimum absolute atomic E-state index is 0.00599. The van der Waals surface area contributed by atoms with Crippen molar-refractivity contribution in [2.45, 2.75) is 51.0 Å². The van der Waals surface area contributed by atoms with Gasteiger partial charge in [0.15, 0.2) is 0 Å². The van der Waals surface area contributed by atoms with Crippen LogP contribution >= 0.6 is 0 Å². The number of carboxylic acids is 1. The Labute approximate surface area is 118 Å². The predicted molar refractivity (Wildman–Crippen MR) is 72.0 cm³/mol. The molecular weight excluding hydrogens is 260 g/mol. The van der Waals surface area contributed by atoms with Crippen molar-refractivity contribution in [3.63, 3.8) is 0 Å². The number of carbonyl (C=O) groups is 3. The molecule has 1 heterocycles. The lowest BCUT2D eigenvalue weighted by molar-refractivity contribution is -0.141. The molecule has 0 bridgehead atoms. The van der Waals surface area contributed by atoms with Gasteiger partial charge < -0.3 is 15.3 Å². The highest BCUT2D eigenvalue weighted by Crippen LogP contribution is 2.19. The van der Waals surface area contributed by atoms with Crippen LogP contribution in [0.25, 0.3) is 0 Å². The minimum Gasteiger partial charge on any atom is -0.481 e. The van der Waals surface area contributed by atoms with Gasteiger partial charge in [0.2, 0.25) is 11.8 Å². The van der Waals surface area contributed by atoms with E-state index in [2.05, 4.69) is 5.32 Å².